The summed E-state index contributed by atoms with van der Waals surface area (Å²) >= 11 is 1.24. The number of carbonyl (C=O) groups is 1. The SMILES string of the molecule is Cc1ccc(S(=O)(=O)N[C@@H](c2ccccc2)[C@H](C)C(=O)SC(C)(C)C)cc1. The maximum Gasteiger partial charge on any atom is 0.241 e. The average molecular weight is 406 g/mol. The zero-order chi connectivity index (χ0) is 20.2. The lowest BCUT2D eigenvalue weighted by Gasteiger charge is -2.27. The van der Waals surface area contributed by atoms with Crippen molar-refractivity contribution in [2.45, 2.75) is 50.3 Å². The second-order valence-electron chi connectivity index (χ2n) is 7.64. The normalized spacial score (nSPS) is 14.6. The van der Waals surface area contributed by atoms with Crippen LogP contribution < -0.4 is 4.72 Å². The molecule has 0 aliphatic carbocycles. The van der Waals surface area contributed by atoms with E-state index in [0.29, 0.717) is 0 Å². The van der Waals surface area contributed by atoms with E-state index in [-0.39, 0.29) is 14.8 Å². The number of carbonyl (C=O) groups excluding carboxylic acids is 1. The van der Waals surface area contributed by atoms with Gasteiger partial charge in [0.1, 0.15) is 0 Å². The smallest absolute Gasteiger partial charge is 0.241 e. The van der Waals surface area contributed by atoms with Gasteiger partial charge in [0, 0.05) is 10.7 Å². The maximum absolute atomic E-state index is 12.9. The third kappa shape index (κ3) is 6.19. The van der Waals surface area contributed by atoms with E-state index in [1.807, 2.05) is 58.0 Å². The van der Waals surface area contributed by atoms with Gasteiger partial charge in [0.15, 0.2) is 5.12 Å². The molecule has 2 aromatic carbocycles. The van der Waals surface area contributed by atoms with E-state index in [2.05, 4.69) is 4.72 Å². The van der Waals surface area contributed by atoms with Crippen LogP contribution in [0.1, 0.15) is 44.9 Å². The van der Waals surface area contributed by atoms with Gasteiger partial charge in [-0.2, -0.15) is 0 Å². The van der Waals surface area contributed by atoms with Crippen molar-refractivity contribution in [3.8, 4) is 0 Å². The molecule has 0 bridgehead atoms. The third-order valence-electron chi connectivity index (χ3n) is 4.05. The lowest BCUT2D eigenvalue weighted by Crippen LogP contribution is -2.35. The van der Waals surface area contributed by atoms with Crippen LogP contribution in [0.15, 0.2) is 59.5 Å². The highest BCUT2D eigenvalue weighted by Gasteiger charge is 2.32. The molecule has 27 heavy (non-hydrogen) atoms. The van der Waals surface area contributed by atoms with Gasteiger partial charge in [0.2, 0.25) is 10.0 Å². The van der Waals surface area contributed by atoms with Gasteiger partial charge in [-0.15, -0.1) is 0 Å². The van der Waals surface area contributed by atoms with Crippen LogP contribution in [0.3, 0.4) is 0 Å². The summed E-state index contributed by atoms with van der Waals surface area (Å²) in [7, 11) is -3.76. The molecular formula is C21H27NO3S2. The van der Waals surface area contributed by atoms with E-state index >= 15 is 0 Å². The number of nitrogens with one attached hydrogen (secondary N) is 1. The summed E-state index contributed by atoms with van der Waals surface area (Å²) in [5.41, 5.74) is 1.75. The predicted molar refractivity (Wildman–Crippen MR) is 112 cm³/mol. The monoisotopic (exact) mass is 405 g/mol. The Kier molecular flexibility index (Phi) is 6.89. The summed E-state index contributed by atoms with van der Waals surface area (Å²) in [5, 5.41) is -0.0389. The fourth-order valence-corrected chi connectivity index (χ4v) is 4.83. The highest BCUT2D eigenvalue weighted by Crippen LogP contribution is 2.33. The molecule has 6 heteroatoms. The van der Waals surface area contributed by atoms with Crippen molar-refractivity contribution in [2.24, 2.45) is 5.92 Å². The van der Waals surface area contributed by atoms with Crippen LogP contribution in [0.5, 0.6) is 0 Å². The fraction of sp³-hybridized carbons (Fsp3) is 0.381. The molecule has 0 aromatic heterocycles. The molecule has 146 valence electrons. The van der Waals surface area contributed by atoms with Crippen LogP contribution in [0.4, 0.5) is 0 Å². The Balaban J connectivity index is 2.36. The summed E-state index contributed by atoms with van der Waals surface area (Å²) in [6.07, 6.45) is 0. The van der Waals surface area contributed by atoms with Crippen LogP contribution in [-0.4, -0.2) is 18.3 Å². The Morgan fingerprint density at radius 2 is 1.56 bits per heavy atom. The van der Waals surface area contributed by atoms with Gasteiger partial charge in [-0.25, -0.2) is 13.1 Å². The summed E-state index contributed by atoms with van der Waals surface area (Å²) in [6.45, 7) is 9.58. The Morgan fingerprint density at radius 3 is 2.07 bits per heavy atom. The first-order chi connectivity index (χ1) is 12.5. The second-order valence-corrected chi connectivity index (χ2v) is 11.2. The Morgan fingerprint density at radius 1 is 1.00 bits per heavy atom. The minimum Gasteiger partial charge on any atom is -0.287 e. The summed E-state index contributed by atoms with van der Waals surface area (Å²) in [5.74, 6) is -0.517. The number of rotatable bonds is 6. The largest absolute Gasteiger partial charge is 0.287 e. The van der Waals surface area contributed by atoms with E-state index in [0.717, 1.165) is 11.1 Å². The van der Waals surface area contributed by atoms with Crippen LogP contribution in [0.25, 0.3) is 0 Å². The van der Waals surface area contributed by atoms with Gasteiger partial charge in [-0.05, 0) is 24.6 Å². The van der Waals surface area contributed by atoms with Crippen LogP contribution in [0.2, 0.25) is 0 Å². The molecule has 0 aliphatic heterocycles. The number of aryl methyl sites for hydroxylation is 1. The van der Waals surface area contributed by atoms with Gasteiger partial charge in [0.25, 0.3) is 0 Å². The molecule has 0 heterocycles. The molecular weight excluding hydrogens is 378 g/mol. The minimum absolute atomic E-state index is 0.0389. The summed E-state index contributed by atoms with van der Waals surface area (Å²) < 4.78 is 28.3. The van der Waals surface area contributed by atoms with E-state index in [4.69, 9.17) is 0 Å². The lowest BCUT2D eigenvalue weighted by molar-refractivity contribution is -0.114. The first-order valence-electron chi connectivity index (χ1n) is 8.86. The lowest BCUT2D eigenvalue weighted by atomic mass is 9.96. The highest BCUT2D eigenvalue weighted by atomic mass is 32.2. The zero-order valence-electron chi connectivity index (χ0n) is 16.4. The number of hydrogen-bond donors (Lipinski definition) is 1. The summed E-state index contributed by atoms with van der Waals surface area (Å²) in [6, 6.07) is 15.3. The molecule has 0 radical (unpaired) electrons. The van der Waals surface area contributed by atoms with E-state index < -0.39 is 22.0 Å². The molecule has 0 unspecified atom stereocenters. The van der Waals surface area contributed by atoms with Crippen molar-refractivity contribution in [2.75, 3.05) is 0 Å². The van der Waals surface area contributed by atoms with Crippen molar-refractivity contribution >= 4 is 26.9 Å². The Bertz CT molecular complexity index is 870. The molecule has 0 amide bonds. The molecule has 2 atom stereocenters. The van der Waals surface area contributed by atoms with E-state index in [1.165, 1.54) is 11.8 Å². The van der Waals surface area contributed by atoms with Gasteiger partial charge < -0.3 is 0 Å². The Hall–Kier alpha value is -1.63. The molecule has 0 saturated heterocycles. The van der Waals surface area contributed by atoms with Crippen molar-refractivity contribution in [3.05, 3.63) is 65.7 Å². The van der Waals surface area contributed by atoms with E-state index in [1.54, 1.807) is 31.2 Å². The van der Waals surface area contributed by atoms with Crippen LogP contribution in [-0.2, 0) is 14.8 Å². The molecule has 0 spiro atoms. The standard InChI is InChI=1S/C21H27NO3S2/c1-15-11-13-18(14-12-15)27(24,25)22-19(17-9-7-6-8-10-17)16(2)20(23)26-21(3,4)5/h6-14,16,19,22H,1-5H3/t16-,19+/m0/s1. The van der Waals surface area contributed by atoms with Crippen LogP contribution >= 0.6 is 11.8 Å². The molecule has 2 aromatic rings. The van der Waals surface area contributed by atoms with Gasteiger partial charge in [-0.1, -0.05) is 87.5 Å². The topological polar surface area (TPSA) is 63.2 Å². The van der Waals surface area contributed by atoms with Crippen molar-refractivity contribution < 1.29 is 13.2 Å². The first-order valence-corrected chi connectivity index (χ1v) is 11.2. The van der Waals surface area contributed by atoms with Crippen molar-refractivity contribution in [1.82, 2.24) is 4.72 Å². The third-order valence-corrected chi connectivity index (χ3v) is 6.69. The average Bonchev–Trinajstić information content (AvgIpc) is 2.59. The van der Waals surface area contributed by atoms with Crippen molar-refractivity contribution in [1.29, 1.82) is 0 Å². The van der Waals surface area contributed by atoms with Gasteiger partial charge >= 0.3 is 0 Å². The summed E-state index contributed by atoms with van der Waals surface area (Å²) in [4.78, 5) is 13.0. The first kappa shape index (κ1) is 21.7. The highest BCUT2D eigenvalue weighted by molar-refractivity contribution is 8.14. The maximum atomic E-state index is 12.9. The molecule has 1 N–H and O–H groups in total. The molecule has 4 nitrogen and oxygen atoms in total. The van der Waals surface area contributed by atoms with E-state index in [9.17, 15) is 13.2 Å². The molecule has 0 saturated carbocycles. The second kappa shape index (κ2) is 8.59. The number of thioether (sulfide) groups is 1. The van der Waals surface area contributed by atoms with Crippen LogP contribution in [0, 0.1) is 12.8 Å². The number of benzene rings is 2. The van der Waals surface area contributed by atoms with Gasteiger partial charge in [0.05, 0.1) is 10.9 Å². The predicted octanol–water partition coefficient (Wildman–Crippen LogP) is 4.71. The number of sulfonamides is 1. The molecule has 2 rings (SSSR count). The molecule has 0 aliphatic rings. The molecule has 0 fully saturated rings. The quantitative estimate of drug-likeness (QED) is 0.756. The zero-order valence-corrected chi connectivity index (χ0v) is 18.0. The minimum atomic E-state index is -3.76. The Labute approximate surface area is 166 Å². The fourth-order valence-electron chi connectivity index (χ4n) is 2.60. The van der Waals surface area contributed by atoms with Gasteiger partial charge in [-0.3, -0.25) is 4.79 Å². The van der Waals surface area contributed by atoms with Crippen molar-refractivity contribution in [3.63, 3.8) is 0 Å². The number of hydrogen-bond acceptors (Lipinski definition) is 4.